The summed E-state index contributed by atoms with van der Waals surface area (Å²) in [6, 6.07) is 0. The third kappa shape index (κ3) is 4.13. The molecule has 12 heavy (non-hydrogen) atoms. The molecule has 0 unspecified atom stereocenters. The van der Waals surface area contributed by atoms with Crippen molar-refractivity contribution < 1.29 is 0 Å². The molecule has 0 heteroatoms. The van der Waals surface area contributed by atoms with Gasteiger partial charge in [-0.15, -0.1) is 0 Å². The fraction of sp³-hybridized carbons (Fsp3) is 1.00. The third-order valence-corrected chi connectivity index (χ3v) is 3.03. The molecule has 0 saturated carbocycles. The first-order valence-corrected chi connectivity index (χ1v) is 5.79. The van der Waals surface area contributed by atoms with Crippen molar-refractivity contribution in [2.24, 2.45) is 11.8 Å². The first-order valence-electron chi connectivity index (χ1n) is 5.79. The quantitative estimate of drug-likeness (QED) is 0.522. The Labute approximate surface area is 78.8 Å². The molecule has 0 N–H and O–H groups in total. The molecule has 0 rings (SSSR count). The minimum atomic E-state index is 1.000. The largest absolute Gasteiger partial charge is 0.0654 e. The second-order valence-electron chi connectivity index (χ2n) is 3.91. The van der Waals surface area contributed by atoms with Gasteiger partial charge in [0, 0.05) is 0 Å². The van der Waals surface area contributed by atoms with Gasteiger partial charge in [0.2, 0.25) is 0 Å². The Balaban J connectivity index is 3.84. The van der Waals surface area contributed by atoms with Crippen LogP contribution in [0, 0.1) is 11.8 Å². The molecule has 0 aliphatic rings. The molecule has 0 amide bonds. The van der Waals surface area contributed by atoms with E-state index in [1.807, 2.05) is 0 Å². The average Bonchev–Trinajstić information content (AvgIpc) is 2.11. The van der Waals surface area contributed by atoms with E-state index in [2.05, 4.69) is 27.7 Å². The van der Waals surface area contributed by atoms with Crippen LogP contribution in [0.4, 0.5) is 0 Å². The van der Waals surface area contributed by atoms with Crippen molar-refractivity contribution in [3.63, 3.8) is 0 Å². The van der Waals surface area contributed by atoms with E-state index in [-0.39, 0.29) is 0 Å². The minimum absolute atomic E-state index is 1.000. The highest BCUT2D eigenvalue weighted by molar-refractivity contribution is 4.67. The molecule has 0 nitrogen and oxygen atoms in total. The molecule has 2 atom stereocenters. The van der Waals surface area contributed by atoms with Crippen LogP contribution in [0.3, 0.4) is 0 Å². The third-order valence-electron chi connectivity index (χ3n) is 3.03. The minimum Gasteiger partial charge on any atom is -0.0654 e. The molecule has 0 aliphatic carbocycles. The topological polar surface area (TPSA) is 0 Å². The van der Waals surface area contributed by atoms with Crippen LogP contribution in [0.5, 0.6) is 0 Å². The van der Waals surface area contributed by atoms with Crippen LogP contribution < -0.4 is 0 Å². The van der Waals surface area contributed by atoms with Crippen molar-refractivity contribution in [1.82, 2.24) is 0 Å². The van der Waals surface area contributed by atoms with Crippen LogP contribution in [0.2, 0.25) is 0 Å². The van der Waals surface area contributed by atoms with Gasteiger partial charge >= 0.3 is 0 Å². The van der Waals surface area contributed by atoms with Crippen molar-refractivity contribution in [3.05, 3.63) is 0 Å². The molecule has 0 aromatic carbocycles. The van der Waals surface area contributed by atoms with E-state index >= 15 is 0 Å². The molecule has 0 bridgehead atoms. The summed E-state index contributed by atoms with van der Waals surface area (Å²) < 4.78 is 0. The first kappa shape index (κ1) is 12.0. The van der Waals surface area contributed by atoms with Crippen molar-refractivity contribution in [3.8, 4) is 0 Å². The summed E-state index contributed by atoms with van der Waals surface area (Å²) in [5.41, 5.74) is 0. The van der Waals surface area contributed by atoms with E-state index in [9.17, 15) is 0 Å². The lowest BCUT2D eigenvalue weighted by Crippen LogP contribution is -2.13. The van der Waals surface area contributed by atoms with Gasteiger partial charge in [-0.2, -0.15) is 0 Å². The standard InChI is InChI=1S/C12H26/c1-5-9-11(7-3)12(8-4)10-6-2/h11-12H,5-10H2,1-4H3/t11-,12-/m1/s1. The molecule has 0 spiro atoms. The number of hydrogen-bond donors (Lipinski definition) is 0. The van der Waals surface area contributed by atoms with E-state index in [1.54, 1.807) is 0 Å². The molecule has 0 saturated heterocycles. The number of rotatable bonds is 7. The Morgan fingerprint density at radius 1 is 0.667 bits per heavy atom. The van der Waals surface area contributed by atoms with E-state index in [0.29, 0.717) is 0 Å². The molecule has 0 aromatic heterocycles. The van der Waals surface area contributed by atoms with Crippen molar-refractivity contribution in [2.45, 2.75) is 66.2 Å². The van der Waals surface area contributed by atoms with Crippen LogP contribution in [-0.2, 0) is 0 Å². The van der Waals surface area contributed by atoms with Gasteiger partial charge in [-0.3, -0.25) is 0 Å². The van der Waals surface area contributed by atoms with Crippen LogP contribution in [0.15, 0.2) is 0 Å². The van der Waals surface area contributed by atoms with Gasteiger partial charge < -0.3 is 0 Å². The fourth-order valence-corrected chi connectivity index (χ4v) is 2.29. The van der Waals surface area contributed by atoms with E-state index in [0.717, 1.165) is 11.8 Å². The highest BCUT2D eigenvalue weighted by Crippen LogP contribution is 2.27. The Hall–Kier alpha value is 0. The van der Waals surface area contributed by atoms with Gasteiger partial charge in [-0.1, -0.05) is 66.2 Å². The summed E-state index contributed by atoms with van der Waals surface area (Å²) >= 11 is 0. The predicted molar refractivity (Wildman–Crippen MR) is 57.4 cm³/mol. The normalized spacial score (nSPS) is 16.0. The van der Waals surface area contributed by atoms with Crippen molar-refractivity contribution in [2.75, 3.05) is 0 Å². The highest BCUT2D eigenvalue weighted by atomic mass is 14.2. The highest BCUT2D eigenvalue weighted by Gasteiger charge is 2.15. The monoisotopic (exact) mass is 170 g/mol. The molecule has 0 radical (unpaired) electrons. The maximum absolute atomic E-state index is 2.35. The summed E-state index contributed by atoms with van der Waals surface area (Å²) in [4.78, 5) is 0. The lowest BCUT2D eigenvalue weighted by Gasteiger charge is -2.24. The first-order chi connectivity index (χ1) is 5.79. The van der Waals surface area contributed by atoms with Gasteiger partial charge in [0.15, 0.2) is 0 Å². The summed E-state index contributed by atoms with van der Waals surface area (Å²) in [5, 5.41) is 0. The molecule has 0 aromatic rings. The Morgan fingerprint density at radius 3 is 1.17 bits per heavy atom. The zero-order chi connectivity index (χ0) is 9.40. The maximum Gasteiger partial charge on any atom is -0.0389 e. The second-order valence-corrected chi connectivity index (χ2v) is 3.91. The molecule has 0 aliphatic heterocycles. The Kier molecular flexibility index (Phi) is 7.64. The maximum atomic E-state index is 2.35. The van der Waals surface area contributed by atoms with E-state index < -0.39 is 0 Å². The SMILES string of the molecule is CCC[C@@H](CC)[C@H](CC)CCC. The van der Waals surface area contributed by atoms with Gasteiger partial charge in [0.25, 0.3) is 0 Å². The molecule has 0 fully saturated rings. The van der Waals surface area contributed by atoms with Crippen LogP contribution in [0.25, 0.3) is 0 Å². The summed E-state index contributed by atoms with van der Waals surface area (Å²) in [7, 11) is 0. The lowest BCUT2D eigenvalue weighted by molar-refractivity contribution is 0.274. The van der Waals surface area contributed by atoms with E-state index in [4.69, 9.17) is 0 Å². The van der Waals surface area contributed by atoms with Gasteiger partial charge in [0.05, 0.1) is 0 Å². The molecule has 74 valence electrons. The zero-order valence-corrected chi connectivity index (χ0v) is 9.40. The van der Waals surface area contributed by atoms with Crippen molar-refractivity contribution in [1.29, 1.82) is 0 Å². The predicted octanol–water partition coefficient (Wildman–Crippen LogP) is 4.64. The van der Waals surface area contributed by atoms with Crippen LogP contribution >= 0.6 is 0 Å². The summed E-state index contributed by atoms with van der Waals surface area (Å²) in [6.45, 7) is 9.31. The van der Waals surface area contributed by atoms with Gasteiger partial charge in [0.1, 0.15) is 0 Å². The van der Waals surface area contributed by atoms with E-state index in [1.165, 1.54) is 38.5 Å². The van der Waals surface area contributed by atoms with Gasteiger partial charge in [-0.25, -0.2) is 0 Å². The van der Waals surface area contributed by atoms with Gasteiger partial charge in [-0.05, 0) is 11.8 Å². The smallest absolute Gasteiger partial charge is 0.0389 e. The zero-order valence-electron chi connectivity index (χ0n) is 9.40. The summed E-state index contributed by atoms with van der Waals surface area (Å²) in [5.74, 6) is 2.00. The second kappa shape index (κ2) is 7.64. The summed E-state index contributed by atoms with van der Waals surface area (Å²) in [6.07, 6.45) is 8.36. The molecule has 0 heterocycles. The average molecular weight is 170 g/mol. The molecular formula is C12H26. The lowest BCUT2D eigenvalue weighted by atomic mass is 9.82. The Morgan fingerprint density at radius 2 is 1.00 bits per heavy atom. The van der Waals surface area contributed by atoms with Crippen molar-refractivity contribution >= 4 is 0 Å². The molecular weight excluding hydrogens is 144 g/mol. The Bertz CT molecular complexity index is 74.0. The van der Waals surface area contributed by atoms with Crippen LogP contribution in [-0.4, -0.2) is 0 Å². The fourth-order valence-electron chi connectivity index (χ4n) is 2.29. The number of hydrogen-bond acceptors (Lipinski definition) is 0. The van der Waals surface area contributed by atoms with Crippen LogP contribution in [0.1, 0.15) is 66.2 Å².